The molecule has 43 heavy (non-hydrogen) atoms. The van der Waals surface area contributed by atoms with E-state index in [0.29, 0.717) is 17.9 Å². The van der Waals surface area contributed by atoms with E-state index >= 15 is 0 Å². The molecule has 1 saturated carbocycles. The SMILES string of the molecule is CC[C@@H](C(=O)NC1CCCCC1)N(Cc1cccc(OC)c1)C(=O)CN(c1ccc(C)c(C)c1)S(=O)(=O)c1ccccc1. The second kappa shape index (κ2) is 14.6. The minimum atomic E-state index is -4.11. The van der Waals surface area contributed by atoms with Gasteiger partial charge in [-0.05, 0) is 86.2 Å². The number of aryl methyl sites for hydroxylation is 2. The Morgan fingerprint density at radius 1 is 0.930 bits per heavy atom. The van der Waals surface area contributed by atoms with Crippen LogP contribution in [0.5, 0.6) is 5.75 Å². The quantitative estimate of drug-likeness (QED) is 0.283. The van der Waals surface area contributed by atoms with Crippen LogP contribution in [0.25, 0.3) is 0 Å². The number of hydrogen-bond donors (Lipinski definition) is 1. The molecule has 1 atom stereocenters. The Morgan fingerprint density at radius 3 is 2.30 bits per heavy atom. The Labute approximate surface area is 256 Å². The van der Waals surface area contributed by atoms with Crippen molar-refractivity contribution in [3.8, 4) is 5.75 Å². The molecular formula is C34H43N3O5S. The number of ether oxygens (including phenoxy) is 1. The predicted octanol–water partition coefficient (Wildman–Crippen LogP) is 5.76. The van der Waals surface area contributed by atoms with Crippen molar-refractivity contribution < 1.29 is 22.7 Å². The van der Waals surface area contributed by atoms with Crippen molar-refractivity contribution in [2.75, 3.05) is 18.0 Å². The van der Waals surface area contributed by atoms with Crippen molar-refractivity contribution in [2.45, 2.75) is 82.8 Å². The highest BCUT2D eigenvalue weighted by atomic mass is 32.2. The van der Waals surface area contributed by atoms with Gasteiger partial charge in [-0.3, -0.25) is 13.9 Å². The Kier molecular flexibility index (Phi) is 10.9. The Morgan fingerprint density at radius 2 is 1.65 bits per heavy atom. The first-order valence-electron chi connectivity index (χ1n) is 15.0. The minimum Gasteiger partial charge on any atom is -0.497 e. The average Bonchev–Trinajstić information content (AvgIpc) is 3.02. The number of hydrogen-bond acceptors (Lipinski definition) is 5. The van der Waals surface area contributed by atoms with E-state index in [0.717, 1.165) is 53.1 Å². The number of sulfonamides is 1. The largest absolute Gasteiger partial charge is 0.497 e. The standard InChI is InChI=1S/C34H43N3O5S/c1-5-32(34(39)35-28-14-8-6-9-15-28)36(23-27-13-12-16-30(22-27)42-4)33(38)24-37(29-20-19-25(2)26(3)21-29)43(40,41)31-17-10-7-11-18-31/h7,10-13,16-22,28,32H,5-6,8-9,14-15,23-24H2,1-4H3,(H,35,39)/t32-/m0/s1. The number of carbonyl (C=O) groups is 2. The summed E-state index contributed by atoms with van der Waals surface area (Å²) in [5.74, 6) is -0.0477. The predicted molar refractivity (Wildman–Crippen MR) is 170 cm³/mol. The number of methoxy groups -OCH3 is 1. The number of nitrogens with one attached hydrogen (secondary N) is 1. The molecule has 1 aliphatic rings. The average molecular weight is 606 g/mol. The molecule has 0 unspecified atom stereocenters. The van der Waals surface area contributed by atoms with Gasteiger partial charge in [-0.2, -0.15) is 0 Å². The van der Waals surface area contributed by atoms with Gasteiger partial charge in [0.2, 0.25) is 11.8 Å². The number of anilines is 1. The molecule has 0 heterocycles. The monoisotopic (exact) mass is 605 g/mol. The Bertz CT molecular complexity index is 1500. The van der Waals surface area contributed by atoms with Crippen molar-refractivity contribution in [1.29, 1.82) is 0 Å². The molecule has 1 N–H and O–H groups in total. The molecule has 1 aliphatic carbocycles. The molecule has 8 nitrogen and oxygen atoms in total. The molecule has 0 bridgehead atoms. The van der Waals surface area contributed by atoms with E-state index in [2.05, 4.69) is 5.32 Å². The maximum atomic E-state index is 14.3. The summed E-state index contributed by atoms with van der Waals surface area (Å²) in [6, 6.07) is 20.1. The van der Waals surface area contributed by atoms with Crippen LogP contribution in [0.15, 0.2) is 77.7 Å². The first-order chi connectivity index (χ1) is 20.6. The molecule has 0 aromatic heterocycles. The van der Waals surface area contributed by atoms with Gasteiger partial charge in [0.1, 0.15) is 18.3 Å². The lowest BCUT2D eigenvalue weighted by molar-refractivity contribution is -0.140. The lowest BCUT2D eigenvalue weighted by atomic mass is 9.95. The number of nitrogens with zero attached hydrogens (tertiary/aromatic N) is 2. The van der Waals surface area contributed by atoms with E-state index in [-0.39, 0.29) is 23.4 Å². The van der Waals surface area contributed by atoms with E-state index in [1.165, 1.54) is 17.0 Å². The van der Waals surface area contributed by atoms with E-state index in [1.54, 1.807) is 37.4 Å². The number of rotatable bonds is 12. The highest BCUT2D eigenvalue weighted by Crippen LogP contribution is 2.27. The molecule has 3 aromatic carbocycles. The fraction of sp³-hybridized carbons (Fsp3) is 0.412. The Balaban J connectivity index is 1.72. The highest BCUT2D eigenvalue weighted by molar-refractivity contribution is 7.92. The molecule has 0 radical (unpaired) electrons. The molecule has 2 amide bonds. The maximum Gasteiger partial charge on any atom is 0.264 e. The summed E-state index contributed by atoms with van der Waals surface area (Å²) in [7, 11) is -2.53. The van der Waals surface area contributed by atoms with Gasteiger partial charge >= 0.3 is 0 Å². The summed E-state index contributed by atoms with van der Waals surface area (Å²) < 4.78 is 34.6. The van der Waals surface area contributed by atoms with Crippen LogP contribution in [0.1, 0.15) is 62.1 Å². The van der Waals surface area contributed by atoms with Crippen molar-refractivity contribution in [2.24, 2.45) is 0 Å². The normalized spacial score (nSPS) is 14.5. The summed E-state index contributed by atoms with van der Waals surface area (Å²) in [4.78, 5) is 29.6. The topological polar surface area (TPSA) is 96.0 Å². The molecule has 0 aliphatic heterocycles. The third kappa shape index (κ3) is 7.96. The fourth-order valence-electron chi connectivity index (χ4n) is 5.56. The summed E-state index contributed by atoms with van der Waals surface area (Å²) >= 11 is 0. The zero-order valence-electron chi connectivity index (χ0n) is 25.6. The van der Waals surface area contributed by atoms with Gasteiger partial charge in [-0.15, -0.1) is 0 Å². The van der Waals surface area contributed by atoms with Crippen LogP contribution >= 0.6 is 0 Å². The van der Waals surface area contributed by atoms with E-state index in [4.69, 9.17) is 4.74 Å². The van der Waals surface area contributed by atoms with Gasteiger partial charge in [0.05, 0.1) is 17.7 Å². The molecule has 0 spiro atoms. The summed E-state index contributed by atoms with van der Waals surface area (Å²) in [5.41, 5.74) is 3.09. The smallest absolute Gasteiger partial charge is 0.264 e. The van der Waals surface area contributed by atoms with Crippen LogP contribution in [0.4, 0.5) is 5.69 Å². The second-order valence-corrected chi connectivity index (χ2v) is 13.1. The minimum absolute atomic E-state index is 0.0783. The Hall–Kier alpha value is -3.85. The van der Waals surface area contributed by atoms with Crippen LogP contribution in [0, 0.1) is 13.8 Å². The van der Waals surface area contributed by atoms with Crippen LogP contribution in [-0.2, 0) is 26.2 Å². The first-order valence-corrected chi connectivity index (χ1v) is 16.5. The number of amides is 2. The lowest BCUT2D eigenvalue weighted by Gasteiger charge is -2.34. The second-order valence-electron chi connectivity index (χ2n) is 11.2. The van der Waals surface area contributed by atoms with Gasteiger partial charge < -0.3 is 15.0 Å². The zero-order valence-corrected chi connectivity index (χ0v) is 26.4. The van der Waals surface area contributed by atoms with Gasteiger partial charge in [0.25, 0.3) is 10.0 Å². The van der Waals surface area contributed by atoms with E-state index in [1.807, 2.05) is 51.1 Å². The first kappa shape index (κ1) is 32.1. The maximum absolute atomic E-state index is 14.3. The van der Waals surface area contributed by atoms with Crippen LogP contribution in [-0.4, -0.2) is 50.9 Å². The molecule has 3 aromatic rings. The van der Waals surface area contributed by atoms with Crippen LogP contribution < -0.4 is 14.4 Å². The number of carbonyl (C=O) groups excluding carboxylic acids is 2. The van der Waals surface area contributed by atoms with Crippen LogP contribution in [0.3, 0.4) is 0 Å². The van der Waals surface area contributed by atoms with Gasteiger partial charge in [0.15, 0.2) is 0 Å². The van der Waals surface area contributed by atoms with Gasteiger partial charge in [-0.25, -0.2) is 8.42 Å². The van der Waals surface area contributed by atoms with Crippen molar-refractivity contribution in [3.63, 3.8) is 0 Å². The van der Waals surface area contributed by atoms with Crippen molar-refractivity contribution in [3.05, 3.63) is 89.5 Å². The summed E-state index contributed by atoms with van der Waals surface area (Å²) in [5, 5.41) is 3.18. The molecular weight excluding hydrogens is 562 g/mol. The van der Waals surface area contributed by atoms with E-state index < -0.39 is 28.5 Å². The third-order valence-electron chi connectivity index (χ3n) is 8.21. The summed E-state index contributed by atoms with van der Waals surface area (Å²) in [6.45, 7) is 5.40. The van der Waals surface area contributed by atoms with E-state index in [9.17, 15) is 18.0 Å². The molecule has 230 valence electrons. The third-order valence-corrected chi connectivity index (χ3v) is 10.0. The van der Waals surface area contributed by atoms with Crippen molar-refractivity contribution in [1.82, 2.24) is 10.2 Å². The number of benzene rings is 3. The van der Waals surface area contributed by atoms with Gasteiger partial charge in [-0.1, -0.05) is 62.6 Å². The molecule has 4 rings (SSSR count). The summed E-state index contributed by atoms with van der Waals surface area (Å²) in [6.07, 6.45) is 5.51. The highest BCUT2D eigenvalue weighted by Gasteiger charge is 2.34. The lowest BCUT2D eigenvalue weighted by Crippen LogP contribution is -2.54. The van der Waals surface area contributed by atoms with Crippen molar-refractivity contribution >= 4 is 27.5 Å². The molecule has 9 heteroatoms. The molecule has 0 saturated heterocycles. The zero-order chi connectivity index (χ0) is 31.0. The fourth-order valence-corrected chi connectivity index (χ4v) is 6.99. The van der Waals surface area contributed by atoms with Crippen LogP contribution in [0.2, 0.25) is 0 Å². The van der Waals surface area contributed by atoms with Gasteiger partial charge in [0, 0.05) is 12.6 Å². The molecule has 1 fully saturated rings.